The molecule has 2 rings (SSSR count). The Kier molecular flexibility index (Phi) is 5.45. The standard InChI is InChI=1S/C17H22BClO5/c1-16(2)17(3,4)24-18(23-16)12(10-20)8-11-6-7-13(14(19)9-11)15(21)22-5/h6-9,20H,10H2,1-5H3. The van der Waals surface area contributed by atoms with E-state index < -0.39 is 24.3 Å². The predicted octanol–water partition coefficient (Wildman–Crippen LogP) is 3.13. The van der Waals surface area contributed by atoms with Gasteiger partial charge in [0.25, 0.3) is 0 Å². The summed E-state index contributed by atoms with van der Waals surface area (Å²) in [7, 11) is 0.660. The SMILES string of the molecule is COC(=O)c1ccc(C=C(CO)B2OC(C)(C)C(C)(C)O2)cc1Cl. The van der Waals surface area contributed by atoms with E-state index in [2.05, 4.69) is 4.74 Å². The number of aliphatic hydroxyl groups excluding tert-OH is 1. The van der Waals surface area contributed by atoms with Crippen molar-refractivity contribution in [3.8, 4) is 0 Å². The van der Waals surface area contributed by atoms with Crippen LogP contribution < -0.4 is 0 Å². The number of hydrogen-bond acceptors (Lipinski definition) is 5. The third-order valence-corrected chi connectivity index (χ3v) is 4.80. The Morgan fingerprint density at radius 3 is 2.33 bits per heavy atom. The molecule has 0 bridgehead atoms. The minimum absolute atomic E-state index is 0.215. The number of carbonyl (C=O) groups is 1. The van der Waals surface area contributed by atoms with E-state index in [-0.39, 0.29) is 17.2 Å². The molecule has 24 heavy (non-hydrogen) atoms. The van der Waals surface area contributed by atoms with Gasteiger partial charge < -0.3 is 19.2 Å². The molecule has 0 saturated carbocycles. The zero-order valence-electron chi connectivity index (χ0n) is 14.6. The number of benzene rings is 1. The highest BCUT2D eigenvalue weighted by Gasteiger charge is 2.52. The van der Waals surface area contributed by atoms with Crippen molar-refractivity contribution in [1.29, 1.82) is 0 Å². The summed E-state index contributed by atoms with van der Waals surface area (Å²) in [6.07, 6.45) is 1.75. The first-order valence-corrected chi connectivity index (χ1v) is 8.04. The van der Waals surface area contributed by atoms with Crippen LogP contribution in [0.2, 0.25) is 5.02 Å². The maximum atomic E-state index is 11.6. The molecule has 1 aliphatic heterocycles. The van der Waals surface area contributed by atoms with Crippen molar-refractivity contribution in [2.24, 2.45) is 0 Å². The Morgan fingerprint density at radius 2 is 1.88 bits per heavy atom. The van der Waals surface area contributed by atoms with E-state index in [1.807, 2.05) is 27.7 Å². The van der Waals surface area contributed by atoms with Gasteiger partial charge >= 0.3 is 13.1 Å². The lowest BCUT2D eigenvalue weighted by Crippen LogP contribution is -2.41. The fourth-order valence-corrected chi connectivity index (χ4v) is 2.56. The largest absolute Gasteiger partial charge is 0.492 e. The topological polar surface area (TPSA) is 65.0 Å². The highest BCUT2D eigenvalue weighted by Crippen LogP contribution is 2.38. The number of rotatable bonds is 4. The van der Waals surface area contributed by atoms with Crippen LogP contribution in [0.4, 0.5) is 0 Å². The number of hydrogen-bond donors (Lipinski definition) is 1. The Balaban J connectivity index is 2.29. The summed E-state index contributed by atoms with van der Waals surface area (Å²) in [6.45, 7) is 7.58. The molecule has 0 atom stereocenters. The number of carbonyl (C=O) groups excluding carboxylic acids is 1. The second-order valence-corrected chi connectivity index (χ2v) is 7.10. The lowest BCUT2D eigenvalue weighted by atomic mass is 9.77. The van der Waals surface area contributed by atoms with Crippen LogP contribution in [-0.4, -0.2) is 43.1 Å². The molecule has 1 fully saturated rings. The Bertz CT molecular complexity index is 653. The van der Waals surface area contributed by atoms with Gasteiger partial charge in [-0.3, -0.25) is 0 Å². The van der Waals surface area contributed by atoms with E-state index in [4.69, 9.17) is 20.9 Å². The van der Waals surface area contributed by atoms with Gasteiger partial charge in [0, 0.05) is 0 Å². The van der Waals surface area contributed by atoms with E-state index in [1.165, 1.54) is 7.11 Å². The average molecular weight is 353 g/mol. The zero-order chi connectivity index (χ0) is 18.1. The Morgan fingerprint density at radius 1 is 1.29 bits per heavy atom. The van der Waals surface area contributed by atoms with Crippen molar-refractivity contribution in [1.82, 2.24) is 0 Å². The molecule has 7 heteroatoms. The van der Waals surface area contributed by atoms with E-state index in [1.54, 1.807) is 24.3 Å². The Hall–Kier alpha value is -1.34. The number of ether oxygens (including phenoxy) is 1. The zero-order valence-corrected chi connectivity index (χ0v) is 15.3. The Labute approximate surface area is 147 Å². The number of aliphatic hydroxyl groups is 1. The molecular weight excluding hydrogens is 330 g/mol. The van der Waals surface area contributed by atoms with Crippen LogP contribution in [0, 0.1) is 0 Å². The second kappa shape index (κ2) is 6.88. The fourth-order valence-electron chi connectivity index (χ4n) is 2.29. The normalized spacial score (nSPS) is 19.5. The molecule has 0 amide bonds. The van der Waals surface area contributed by atoms with Gasteiger partial charge in [0.1, 0.15) is 0 Å². The van der Waals surface area contributed by atoms with Crippen LogP contribution in [0.15, 0.2) is 23.7 Å². The maximum absolute atomic E-state index is 11.6. The van der Waals surface area contributed by atoms with Crippen molar-refractivity contribution >= 4 is 30.8 Å². The summed E-state index contributed by atoms with van der Waals surface area (Å²) in [5.74, 6) is -0.496. The summed E-state index contributed by atoms with van der Waals surface area (Å²) >= 11 is 6.12. The summed E-state index contributed by atoms with van der Waals surface area (Å²) in [6, 6.07) is 4.94. The van der Waals surface area contributed by atoms with Gasteiger partial charge in [-0.1, -0.05) is 23.7 Å². The highest BCUT2D eigenvalue weighted by molar-refractivity contribution is 6.55. The first-order valence-electron chi connectivity index (χ1n) is 7.66. The molecule has 130 valence electrons. The van der Waals surface area contributed by atoms with Gasteiger partial charge in [-0.05, 0) is 50.9 Å². The van der Waals surface area contributed by atoms with E-state index >= 15 is 0 Å². The smallest absolute Gasteiger partial charge is 0.465 e. The molecule has 5 nitrogen and oxygen atoms in total. The van der Waals surface area contributed by atoms with Crippen molar-refractivity contribution in [3.63, 3.8) is 0 Å². The molecule has 0 radical (unpaired) electrons. The predicted molar refractivity (Wildman–Crippen MR) is 93.9 cm³/mol. The van der Waals surface area contributed by atoms with Crippen molar-refractivity contribution in [3.05, 3.63) is 39.8 Å². The lowest BCUT2D eigenvalue weighted by Gasteiger charge is -2.32. The number of esters is 1. The van der Waals surface area contributed by atoms with Crippen LogP contribution in [-0.2, 0) is 14.0 Å². The van der Waals surface area contributed by atoms with Gasteiger partial charge in [0.15, 0.2) is 0 Å². The average Bonchev–Trinajstić information content (AvgIpc) is 2.72. The van der Waals surface area contributed by atoms with Crippen LogP contribution >= 0.6 is 11.6 Å². The fraction of sp³-hybridized carbons (Fsp3) is 0.471. The van der Waals surface area contributed by atoms with Gasteiger partial charge in [0.05, 0.1) is 35.5 Å². The summed E-state index contributed by atoms with van der Waals surface area (Å²) in [4.78, 5) is 11.6. The first-order chi connectivity index (χ1) is 11.1. The molecule has 0 unspecified atom stereocenters. The second-order valence-electron chi connectivity index (χ2n) is 6.70. The minimum Gasteiger partial charge on any atom is -0.465 e. The van der Waals surface area contributed by atoms with Crippen LogP contribution in [0.3, 0.4) is 0 Å². The van der Waals surface area contributed by atoms with Gasteiger partial charge in [-0.25, -0.2) is 4.79 Å². The maximum Gasteiger partial charge on any atom is 0.492 e. The molecule has 1 aromatic carbocycles. The van der Waals surface area contributed by atoms with Gasteiger partial charge in [0.2, 0.25) is 0 Å². The number of methoxy groups -OCH3 is 1. The summed E-state index contributed by atoms with van der Waals surface area (Å²) in [5, 5.41) is 9.98. The molecule has 1 N–H and O–H groups in total. The quantitative estimate of drug-likeness (QED) is 0.666. The summed E-state index contributed by atoms with van der Waals surface area (Å²) in [5.41, 5.74) is 0.621. The van der Waals surface area contributed by atoms with Crippen molar-refractivity contribution in [2.45, 2.75) is 38.9 Å². The molecule has 0 spiro atoms. The number of halogens is 1. The van der Waals surface area contributed by atoms with E-state index in [0.717, 1.165) is 5.56 Å². The molecule has 0 aromatic heterocycles. The van der Waals surface area contributed by atoms with Gasteiger partial charge in [-0.15, -0.1) is 0 Å². The molecule has 1 heterocycles. The molecule has 1 aliphatic rings. The molecule has 1 saturated heterocycles. The van der Waals surface area contributed by atoms with E-state index in [0.29, 0.717) is 5.47 Å². The van der Waals surface area contributed by atoms with Crippen LogP contribution in [0.25, 0.3) is 6.08 Å². The lowest BCUT2D eigenvalue weighted by molar-refractivity contribution is 0.00578. The summed E-state index contributed by atoms with van der Waals surface area (Å²) < 4.78 is 16.6. The van der Waals surface area contributed by atoms with Gasteiger partial charge in [-0.2, -0.15) is 0 Å². The first kappa shape index (κ1) is 19.0. The monoisotopic (exact) mass is 352 g/mol. The van der Waals surface area contributed by atoms with Crippen molar-refractivity contribution in [2.75, 3.05) is 13.7 Å². The van der Waals surface area contributed by atoms with Crippen LogP contribution in [0.5, 0.6) is 0 Å². The van der Waals surface area contributed by atoms with Crippen LogP contribution in [0.1, 0.15) is 43.6 Å². The molecule has 1 aromatic rings. The molecule has 0 aliphatic carbocycles. The highest BCUT2D eigenvalue weighted by atomic mass is 35.5. The third kappa shape index (κ3) is 3.67. The van der Waals surface area contributed by atoms with E-state index in [9.17, 15) is 9.90 Å². The molecular formula is C17H22BClO5. The minimum atomic E-state index is -0.640. The van der Waals surface area contributed by atoms with Crippen molar-refractivity contribution < 1.29 is 23.9 Å². The third-order valence-electron chi connectivity index (χ3n) is 4.49.